The Morgan fingerprint density at radius 3 is 3.19 bits per heavy atom. The first kappa shape index (κ1) is 13.6. The lowest BCUT2D eigenvalue weighted by atomic mass is 10.1. The Kier molecular flexibility index (Phi) is 3.60. The van der Waals surface area contributed by atoms with Crippen molar-refractivity contribution in [3.63, 3.8) is 0 Å². The topological polar surface area (TPSA) is 75.3 Å². The van der Waals surface area contributed by atoms with Crippen LogP contribution in [0.2, 0.25) is 0 Å². The normalized spacial score (nSPS) is 18.4. The van der Waals surface area contributed by atoms with Gasteiger partial charge in [0.2, 0.25) is 5.91 Å². The average molecular weight is 287 g/mol. The first-order chi connectivity index (χ1) is 10.2. The third kappa shape index (κ3) is 2.61. The molecule has 110 valence electrons. The highest BCUT2D eigenvalue weighted by atomic mass is 16.5. The minimum Gasteiger partial charge on any atom is -0.469 e. The number of fused-ring (bicyclic) bond motifs is 1. The molecular weight excluding hydrogens is 270 g/mol. The Morgan fingerprint density at radius 2 is 2.38 bits per heavy atom. The molecule has 0 aliphatic carbocycles. The largest absolute Gasteiger partial charge is 0.469 e. The molecule has 6 heteroatoms. The number of hydrogen-bond acceptors (Lipinski definition) is 4. The lowest BCUT2D eigenvalue weighted by Gasteiger charge is -2.16. The van der Waals surface area contributed by atoms with Gasteiger partial charge in [-0.3, -0.25) is 14.7 Å². The van der Waals surface area contributed by atoms with Crippen molar-refractivity contribution in [2.45, 2.75) is 12.8 Å². The molecule has 21 heavy (non-hydrogen) atoms. The van der Waals surface area contributed by atoms with Crippen LogP contribution in [0.1, 0.15) is 12.0 Å². The van der Waals surface area contributed by atoms with Crippen LogP contribution in [0.4, 0.5) is 0 Å². The van der Waals surface area contributed by atoms with E-state index in [1.54, 1.807) is 11.1 Å². The third-order valence-corrected chi connectivity index (χ3v) is 3.98. The molecule has 1 aromatic heterocycles. The standard InChI is InChI=1S/C15H17N3O3/c1-21-15(20)11-7-14(19)18(9-11)6-5-10-3-2-4-13-12(10)8-16-17-13/h2-4,8,11H,5-7,9H2,1H3,(H,16,17). The molecule has 0 radical (unpaired) electrons. The number of H-pyrrole nitrogens is 1. The van der Waals surface area contributed by atoms with Gasteiger partial charge in [-0.1, -0.05) is 12.1 Å². The van der Waals surface area contributed by atoms with Gasteiger partial charge in [0.05, 0.1) is 24.7 Å². The van der Waals surface area contributed by atoms with Crippen LogP contribution in [0.3, 0.4) is 0 Å². The van der Waals surface area contributed by atoms with Crippen LogP contribution >= 0.6 is 0 Å². The second-order valence-corrected chi connectivity index (χ2v) is 5.26. The number of nitrogens with one attached hydrogen (secondary N) is 1. The second-order valence-electron chi connectivity index (χ2n) is 5.26. The highest BCUT2D eigenvalue weighted by molar-refractivity contribution is 5.87. The number of aromatic amines is 1. The molecule has 1 amide bonds. The molecule has 1 saturated heterocycles. The van der Waals surface area contributed by atoms with E-state index >= 15 is 0 Å². The quantitative estimate of drug-likeness (QED) is 0.855. The molecule has 1 N–H and O–H groups in total. The van der Waals surface area contributed by atoms with Crippen LogP contribution in [-0.2, 0) is 20.7 Å². The van der Waals surface area contributed by atoms with Gasteiger partial charge in [0, 0.05) is 24.9 Å². The number of methoxy groups -OCH3 is 1. The van der Waals surface area contributed by atoms with Gasteiger partial charge >= 0.3 is 5.97 Å². The van der Waals surface area contributed by atoms with E-state index in [9.17, 15) is 9.59 Å². The average Bonchev–Trinajstić information content (AvgIpc) is 3.11. The summed E-state index contributed by atoms with van der Waals surface area (Å²) in [6.45, 7) is 1.06. The number of likely N-dealkylation sites (tertiary alicyclic amines) is 1. The summed E-state index contributed by atoms with van der Waals surface area (Å²) in [7, 11) is 1.36. The van der Waals surface area contributed by atoms with E-state index in [0.717, 1.165) is 22.9 Å². The van der Waals surface area contributed by atoms with Gasteiger partial charge in [-0.15, -0.1) is 0 Å². The minimum absolute atomic E-state index is 0.0183. The highest BCUT2D eigenvalue weighted by Gasteiger charge is 2.34. The predicted octanol–water partition coefficient (Wildman–Crippen LogP) is 1.13. The Labute approximate surface area is 122 Å². The number of carbonyl (C=O) groups is 2. The fourth-order valence-electron chi connectivity index (χ4n) is 2.82. The fraction of sp³-hybridized carbons (Fsp3) is 0.400. The molecule has 2 heterocycles. The monoisotopic (exact) mass is 287 g/mol. The number of rotatable bonds is 4. The number of amides is 1. The van der Waals surface area contributed by atoms with E-state index in [-0.39, 0.29) is 24.2 Å². The number of hydrogen-bond donors (Lipinski definition) is 1. The van der Waals surface area contributed by atoms with Gasteiger partial charge in [-0.05, 0) is 18.1 Å². The molecule has 2 aromatic rings. The summed E-state index contributed by atoms with van der Waals surface area (Å²) >= 11 is 0. The molecule has 0 bridgehead atoms. The Hall–Kier alpha value is -2.37. The minimum atomic E-state index is -0.327. The lowest BCUT2D eigenvalue weighted by Crippen LogP contribution is -2.28. The summed E-state index contributed by atoms with van der Waals surface area (Å²) in [4.78, 5) is 25.2. The van der Waals surface area contributed by atoms with Crippen LogP contribution in [0, 0.1) is 5.92 Å². The summed E-state index contributed by atoms with van der Waals surface area (Å²) in [6, 6.07) is 5.98. The van der Waals surface area contributed by atoms with Crippen LogP contribution in [-0.4, -0.2) is 47.2 Å². The zero-order valence-corrected chi connectivity index (χ0v) is 11.8. The van der Waals surface area contributed by atoms with Crippen molar-refractivity contribution in [2.24, 2.45) is 5.92 Å². The fourth-order valence-corrected chi connectivity index (χ4v) is 2.82. The number of nitrogens with zero attached hydrogens (tertiary/aromatic N) is 2. The van der Waals surface area contributed by atoms with Crippen molar-refractivity contribution in [3.8, 4) is 0 Å². The van der Waals surface area contributed by atoms with Gasteiger partial charge in [0.1, 0.15) is 0 Å². The summed E-state index contributed by atoms with van der Waals surface area (Å²) in [5.41, 5.74) is 2.14. The van der Waals surface area contributed by atoms with Gasteiger partial charge in [-0.2, -0.15) is 5.10 Å². The van der Waals surface area contributed by atoms with Crippen LogP contribution < -0.4 is 0 Å². The number of aromatic nitrogens is 2. The molecule has 1 atom stereocenters. The maximum Gasteiger partial charge on any atom is 0.310 e. The molecule has 0 saturated carbocycles. The van der Waals surface area contributed by atoms with Crippen LogP contribution in [0.5, 0.6) is 0 Å². The molecule has 1 aromatic carbocycles. The van der Waals surface area contributed by atoms with E-state index in [1.807, 2.05) is 18.2 Å². The zero-order valence-electron chi connectivity index (χ0n) is 11.8. The maximum atomic E-state index is 11.9. The molecule has 0 spiro atoms. The van der Waals surface area contributed by atoms with Gasteiger partial charge in [-0.25, -0.2) is 0 Å². The Bertz CT molecular complexity index is 680. The van der Waals surface area contributed by atoms with E-state index in [4.69, 9.17) is 4.74 Å². The third-order valence-electron chi connectivity index (χ3n) is 3.98. The van der Waals surface area contributed by atoms with Crippen molar-refractivity contribution >= 4 is 22.8 Å². The summed E-state index contributed by atoms with van der Waals surface area (Å²) < 4.78 is 4.71. The smallest absolute Gasteiger partial charge is 0.310 e. The molecule has 3 rings (SSSR count). The highest BCUT2D eigenvalue weighted by Crippen LogP contribution is 2.21. The van der Waals surface area contributed by atoms with Gasteiger partial charge in [0.25, 0.3) is 0 Å². The number of ether oxygens (including phenoxy) is 1. The van der Waals surface area contributed by atoms with E-state index in [1.165, 1.54) is 7.11 Å². The molecule has 1 fully saturated rings. The predicted molar refractivity (Wildman–Crippen MR) is 76.5 cm³/mol. The first-order valence-corrected chi connectivity index (χ1v) is 6.95. The van der Waals surface area contributed by atoms with E-state index < -0.39 is 0 Å². The van der Waals surface area contributed by atoms with Gasteiger partial charge in [0.15, 0.2) is 0 Å². The molecule has 1 aliphatic heterocycles. The van der Waals surface area contributed by atoms with E-state index in [2.05, 4.69) is 10.2 Å². The SMILES string of the molecule is COC(=O)C1CC(=O)N(CCc2cccc3[nH]ncc23)C1. The molecule has 1 aliphatic rings. The summed E-state index contributed by atoms with van der Waals surface area (Å²) in [5, 5.41) is 8.05. The summed E-state index contributed by atoms with van der Waals surface area (Å²) in [6.07, 6.45) is 2.80. The molecule has 1 unspecified atom stereocenters. The van der Waals surface area contributed by atoms with Gasteiger partial charge < -0.3 is 9.64 Å². The van der Waals surface area contributed by atoms with Crippen molar-refractivity contribution in [3.05, 3.63) is 30.0 Å². The number of carbonyl (C=O) groups excluding carboxylic acids is 2. The Balaban J connectivity index is 1.67. The molecule has 6 nitrogen and oxygen atoms in total. The van der Waals surface area contributed by atoms with Crippen LogP contribution in [0.15, 0.2) is 24.4 Å². The number of esters is 1. The van der Waals surface area contributed by atoms with Crippen molar-refractivity contribution in [1.29, 1.82) is 0 Å². The summed E-state index contributed by atoms with van der Waals surface area (Å²) in [5.74, 6) is -0.611. The lowest BCUT2D eigenvalue weighted by molar-refractivity contribution is -0.145. The zero-order chi connectivity index (χ0) is 14.8. The maximum absolute atomic E-state index is 11.9. The second kappa shape index (κ2) is 5.55. The van der Waals surface area contributed by atoms with Crippen LogP contribution in [0.25, 0.3) is 10.9 Å². The van der Waals surface area contributed by atoms with Crippen molar-refractivity contribution in [1.82, 2.24) is 15.1 Å². The van der Waals surface area contributed by atoms with E-state index in [0.29, 0.717) is 13.1 Å². The van der Waals surface area contributed by atoms with Crippen molar-refractivity contribution < 1.29 is 14.3 Å². The molecular formula is C15H17N3O3. The first-order valence-electron chi connectivity index (χ1n) is 6.95. The number of benzene rings is 1. The van der Waals surface area contributed by atoms with Crippen molar-refractivity contribution in [2.75, 3.05) is 20.2 Å². The Morgan fingerprint density at radius 1 is 1.52 bits per heavy atom.